The second-order valence-electron chi connectivity index (χ2n) is 4.41. The fourth-order valence-electron chi connectivity index (χ4n) is 1.70. The maximum Gasteiger partial charge on any atom is 0.433 e. The molecule has 2 amide bonds. The Morgan fingerprint density at radius 3 is 2.87 bits per heavy atom. The zero-order chi connectivity index (χ0) is 17.0. The van der Waals surface area contributed by atoms with Gasteiger partial charge < -0.3 is 10.2 Å². The van der Waals surface area contributed by atoms with Crippen LogP contribution >= 0.6 is 11.3 Å². The molecule has 0 radical (unpaired) electrons. The van der Waals surface area contributed by atoms with E-state index < -0.39 is 11.0 Å². The van der Waals surface area contributed by atoms with Crippen molar-refractivity contribution in [2.75, 3.05) is 0 Å². The molecule has 0 fully saturated rings. The number of urea groups is 1. The molecule has 3 N–H and O–H groups in total. The molecule has 2 aromatic rings. The molecule has 10 heteroatoms. The summed E-state index contributed by atoms with van der Waals surface area (Å²) in [4.78, 5) is 25.7. The van der Waals surface area contributed by atoms with Crippen molar-refractivity contribution in [2.45, 2.75) is 13.8 Å². The third-order valence-corrected chi connectivity index (χ3v) is 3.89. The molecule has 0 saturated heterocycles. The van der Waals surface area contributed by atoms with Gasteiger partial charge in [-0.1, -0.05) is 0 Å². The fraction of sp³-hybridized carbons (Fsp3) is 0.154. The molecule has 0 aliphatic heterocycles. The summed E-state index contributed by atoms with van der Waals surface area (Å²) < 4.78 is 5.02. The van der Waals surface area contributed by atoms with Gasteiger partial charge in [-0.05, 0) is 32.1 Å². The standard InChI is InChI=1S/C13H13N5O4S/c1-7-12(8(2)16-17-13(14)19)23-10(15-7)5-3-9-4-6-11(22-9)18(20)21/h3-6H,1-2H3,(H3,14,17,19)/b5-3+,16-8+. The molecule has 2 heterocycles. The van der Waals surface area contributed by atoms with Crippen LogP contribution in [0.4, 0.5) is 10.7 Å². The number of furan rings is 1. The minimum absolute atomic E-state index is 0.318. The van der Waals surface area contributed by atoms with Crippen molar-refractivity contribution in [2.24, 2.45) is 10.8 Å². The molecule has 0 aromatic carbocycles. The quantitative estimate of drug-likeness (QED) is 0.491. The van der Waals surface area contributed by atoms with E-state index in [2.05, 4.69) is 15.5 Å². The summed E-state index contributed by atoms with van der Waals surface area (Å²) in [5, 5.41) is 15.1. The Morgan fingerprint density at radius 2 is 2.26 bits per heavy atom. The van der Waals surface area contributed by atoms with Gasteiger partial charge in [0.2, 0.25) is 0 Å². The van der Waals surface area contributed by atoms with Crippen LogP contribution in [0.25, 0.3) is 12.2 Å². The fourth-order valence-corrected chi connectivity index (χ4v) is 2.61. The summed E-state index contributed by atoms with van der Waals surface area (Å²) in [6, 6.07) is 2.04. The third kappa shape index (κ3) is 4.23. The highest BCUT2D eigenvalue weighted by Gasteiger charge is 2.11. The number of nitrogens with zero attached hydrogens (tertiary/aromatic N) is 3. The van der Waals surface area contributed by atoms with E-state index in [0.29, 0.717) is 16.5 Å². The first-order chi connectivity index (χ1) is 10.9. The number of hydrogen-bond acceptors (Lipinski definition) is 7. The zero-order valence-corrected chi connectivity index (χ0v) is 13.1. The highest BCUT2D eigenvalue weighted by Crippen LogP contribution is 2.22. The number of aromatic nitrogens is 1. The van der Waals surface area contributed by atoms with Crippen molar-refractivity contribution < 1.29 is 14.1 Å². The minimum Gasteiger partial charge on any atom is -0.401 e. The lowest BCUT2D eigenvalue weighted by Gasteiger charge is -1.97. The number of thiazole rings is 1. The van der Waals surface area contributed by atoms with Crippen LogP contribution in [0.2, 0.25) is 0 Å². The first-order valence-corrected chi connectivity index (χ1v) is 7.18. The number of hydrazone groups is 1. The number of hydrogen-bond donors (Lipinski definition) is 2. The summed E-state index contributed by atoms with van der Waals surface area (Å²) in [7, 11) is 0. The second kappa shape index (κ2) is 6.83. The highest BCUT2D eigenvalue weighted by atomic mass is 32.1. The van der Waals surface area contributed by atoms with Crippen LogP contribution in [-0.4, -0.2) is 21.7 Å². The maximum atomic E-state index is 10.7. The third-order valence-electron chi connectivity index (χ3n) is 2.66. The van der Waals surface area contributed by atoms with E-state index in [1.54, 1.807) is 19.1 Å². The van der Waals surface area contributed by atoms with Crippen LogP contribution in [-0.2, 0) is 0 Å². The smallest absolute Gasteiger partial charge is 0.401 e. The Labute approximate surface area is 134 Å². The monoisotopic (exact) mass is 335 g/mol. The van der Waals surface area contributed by atoms with Gasteiger partial charge in [0.1, 0.15) is 15.7 Å². The van der Waals surface area contributed by atoms with Gasteiger partial charge in [-0.25, -0.2) is 15.2 Å². The van der Waals surface area contributed by atoms with Crippen LogP contribution in [0.5, 0.6) is 0 Å². The topological polar surface area (TPSA) is 137 Å². The van der Waals surface area contributed by atoms with E-state index in [0.717, 1.165) is 10.6 Å². The average molecular weight is 335 g/mol. The van der Waals surface area contributed by atoms with Gasteiger partial charge in [-0.2, -0.15) is 5.10 Å². The van der Waals surface area contributed by atoms with E-state index in [1.807, 2.05) is 6.92 Å². The van der Waals surface area contributed by atoms with Crippen LogP contribution in [0.1, 0.15) is 28.3 Å². The number of nitro groups is 1. The van der Waals surface area contributed by atoms with Gasteiger partial charge in [0.05, 0.1) is 22.3 Å². The molecular weight excluding hydrogens is 322 g/mol. The number of nitrogens with one attached hydrogen (secondary N) is 1. The summed E-state index contributed by atoms with van der Waals surface area (Å²) in [5.41, 5.74) is 8.44. The van der Waals surface area contributed by atoms with Crippen molar-refractivity contribution in [3.8, 4) is 0 Å². The summed E-state index contributed by atoms with van der Waals surface area (Å²) in [5.74, 6) is 0.0352. The largest absolute Gasteiger partial charge is 0.433 e. The lowest BCUT2D eigenvalue weighted by molar-refractivity contribution is -0.402. The van der Waals surface area contributed by atoms with Crippen LogP contribution < -0.4 is 11.2 Å². The van der Waals surface area contributed by atoms with Gasteiger partial charge in [-0.3, -0.25) is 10.1 Å². The first-order valence-electron chi connectivity index (χ1n) is 6.36. The molecule has 2 aromatic heterocycles. The van der Waals surface area contributed by atoms with Crippen molar-refractivity contribution >= 4 is 41.1 Å². The van der Waals surface area contributed by atoms with Gasteiger partial charge in [-0.15, -0.1) is 11.3 Å². The molecule has 23 heavy (non-hydrogen) atoms. The molecule has 2 rings (SSSR count). The zero-order valence-electron chi connectivity index (χ0n) is 12.3. The molecule has 0 saturated carbocycles. The van der Waals surface area contributed by atoms with Crippen molar-refractivity contribution in [3.05, 3.63) is 43.6 Å². The minimum atomic E-state index is -0.744. The van der Waals surface area contributed by atoms with E-state index in [-0.39, 0.29) is 5.88 Å². The number of amides is 2. The van der Waals surface area contributed by atoms with Crippen molar-refractivity contribution in [3.63, 3.8) is 0 Å². The van der Waals surface area contributed by atoms with Crippen LogP contribution in [0, 0.1) is 17.0 Å². The highest BCUT2D eigenvalue weighted by molar-refractivity contribution is 7.14. The molecule has 0 atom stereocenters. The summed E-state index contributed by atoms with van der Waals surface area (Å²) >= 11 is 1.36. The van der Waals surface area contributed by atoms with E-state index in [1.165, 1.54) is 23.5 Å². The second-order valence-corrected chi connectivity index (χ2v) is 5.44. The molecule has 0 aliphatic rings. The van der Waals surface area contributed by atoms with Crippen LogP contribution in [0.15, 0.2) is 21.7 Å². The van der Waals surface area contributed by atoms with Gasteiger partial charge in [0.15, 0.2) is 0 Å². The van der Waals surface area contributed by atoms with Crippen LogP contribution in [0.3, 0.4) is 0 Å². The van der Waals surface area contributed by atoms with Crippen molar-refractivity contribution in [1.29, 1.82) is 0 Å². The van der Waals surface area contributed by atoms with E-state index >= 15 is 0 Å². The molecule has 0 spiro atoms. The van der Waals surface area contributed by atoms with Gasteiger partial charge >= 0.3 is 11.9 Å². The number of rotatable bonds is 5. The van der Waals surface area contributed by atoms with Gasteiger partial charge in [0.25, 0.3) is 0 Å². The summed E-state index contributed by atoms with van der Waals surface area (Å²) in [6.45, 7) is 3.53. The Hall–Kier alpha value is -3.01. The Morgan fingerprint density at radius 1 is 1.52 bits per heavy atom. The number of primary amides is 1. The predicted octanol–water partition coefficient (Wildman–Crippen LogP) is 2.52. The first kappa shape index (κ1) is 16.4. The number of carbonyl (C=O) groups excluding carboxylic acids is 1. The summed E-state index contributed by atoms with van der Waals surface area (Å²) in [6.07, 6.45) is 3.27. The maximum absolute atomic E-state index is 10.7. The Bertz CT molecular complexity index is 805. The van der Waals surface area contributed by atoms with E-state index in [4.69, 9.17) is 10.2 Å². The Kier molecular flexibility index (Phi) is 4.86. The molecule has 0 aliphatic carbocycles. The lowest BCUT2D eigenvalue weighted by atomic mass is 10.3. The average Bonchev–Trinajstić information content (AvgIpc) is 3.09. The number of nitrogens with two attached hydrogens (primary N) is 1. The normalized spacial score (nSPS) is 11.8. The Balaban J connectivity index is 2.16. The van der Waals surface area contributed by atoms with E-state index in [9.17, 15) is 14.9 Å². The lowest BCUT2D eigenvalue weighted by Crippen LogP contribution is -2.25. The predicted molar refractivity (Wildman–Crippen MR) is 86.1 cm³/mol. The molecule has 9 nitrogen and oxygen atoms in total. The molecule has 0 unspecified atom stereocenters. The molecule has 120 valence electrons. The molecule has 0 bridgehead atoms. The number of aryl methyl sites for hydroxylation is 1. The van der Waals surface area contributed by atoms with Gasteiger partial charge in [0, 0.05) is 0 Å². The van der Waals surface area contributed by atoms with Crippen molar-refractivity contribution in [1.82, 2.24) is 10.4 Å². The SMILES string of the molecule is C/C(=N\NC(N)=O)c1sc(/C=C/c2ccc([N+](=O)[O-])o2)nc1C. The molecular formula is C13H13N5O4S. The number of carbonyl (C=O) groups is 1.